The molecule has 4 nitrogen and oxygen atoms in total. The number of aliphatic hydroxyl groups excluding tert-OH is 1. The van der Waals surface area contributed by atoms with E-state index in [9.17, 15) is 18.7 Å². The normalized spacial score (nSPS) is 17.7. The van der Waals surface area contributed by atoms with Crippen molar-refractivity contribution in [2.45, 2.75) is 37.4 Å². The molecule has 1 aromatic carbocycles. The zero-order valence-electron chi connectivity index (χ0n) is 10.2. The van der Waals surface area contributed by atoms with E-state index in [-0.39, 0.29) is 25.1 Å². The summed E-state index contributed by atoms with van der Waals surface area (Å²) < 4.78 is 27.6. The predicted molar refractivity (Wildman–Crippen MR) is 64.7 cm³/mol. The van der Waals surface area contributed by atoms with Gasteiger partial charge >= 0.3 is 5.92 Å². The first-order valence-electron chi connectivity index (χ1n) is 6.00. The van der Waals surface area contributed by atoms with Crippen molar-refractivity contribution in [3.05, 3.63) is 29.8 Å². The molecule has 0 spiro atoms. The number of alkyl halides is 2. The van der Waals surface area contributed by atoms with E-state index in [1.54, 1.807) is 6.07 Å². The van der Waals surface area contributed by atoms with Gasteiger partial charge in [-0.3, -0.25) is 4.79 Å². The Morgan fingerprint density at radius 1 is 1.42 bits per heavy atom. The fraction of sp³-hybridized carbons (Fsp3) is 0.462. The SMILES string of the molecule is O=C(Nc1cccc(CO)c1)C(F)(F)C1(O)CCC1. The molecule has 0 saturated heterocycles. The fourth-order valence-electron chi connectivity index (χ4n) is 1.99. The summed E-state index contributed by atoms with van der Waals surface area (Å²) in [5, 5.41) is 20.6. The highest BCUT2D eigenvalue weighted by atomic mass is 19.3. The van der Waals surface area contributed by atoms with Crippen molar-refractivity contribution in [1.82, 2.24) is 0 Å². The van der Waals surface area contributed by atoms with Gasteiger partial charge in [0.05, 0.1) is 6.61 Å². The molecule has 1 aromatic rings. The number of carbonyl (C=O) groups is 1. The second-order valence-electron chi connectivity index (χ2n) is 4.77. The molecule has 0 atom stereocenters. The van der Waals surface area contributed by atoms with Crippen LogP contribution in [-0.4, -0.2) is 27.6 Å². The molecule has 0 aliphatic heterocycles. The van der Waals surface area contributed by atoms with E-state index in [0.29, 0.717) is 12.0 Å². The molecule has 3 N–H and O–H groups in total. The zero-order chi connectivity index (χ0) is 14.1. The predicted octanol–water partition coefficient (Wildman–Crippen LogP) is 1.67. The standard InChI is InChI=1S/C13H15F2NO3/c14-13(15,12(19)5-2-6-12)11(18)16-10-4-1-3-9(7-10)8-17/h1,3-4,7,17,19H,2,5-6,8H2,(H,16,18). The van der Waals surface area contributed by atoms with Gasteiger partial charge in [-0.05, 0) is 37.0 Å². The van der Waals surface area contributed by atoms with E-state index < -0.39 is 17.4 Å². The van der Waals surface area contributed by atoms with Crippen molar-refractivity contribution in [3.8, 4) is 0 Å². The maximum absolute atomic E-state index is 13.8. The molecular weight excluding hydrogens is 256 g/mol. The Kier molecular flexibility index (Phi) is 3.56. The van der Waals surface area contributed by atoms with Crippen molar-refractivity contribution < 1.29 is 23.8 Å². The number of carbonyl (C=O) groups excluding carboxylic acids is 1. The van der Waals surface area contributed by atoms with Gasteiger partial charge in [0.25, 0.3) is 5.91 Å². The number of aliphatic hydroxyl groups is 2. The molecule has 0 aromatic heterocycles. The van der Waals surface area contributed by atoms with Gasteiger partial charge in [-0.1, -0.05) is 12.1 Å². The molecular formula is C13H15F2NO3. The van der Waals surface area contributed by atoms with Gasteiger partial charge in [0, 0.05) is 5.69 Å². The van der Waals surface area contributed by atoms with E-state index in [2.05, 4.69) is 5.32 Å². The Labute approximate surface area is 109 Å². The Hall–Kier alpha value is -1.53. The molecule has 6 heteroatoms. The Morgan fingerprint density at radius 3 is 2.63 bits per heavy atom. The Balaban J connectivity index is 2.12. The highest BCUT2D eigenvalue weighted by Crippen LogP contribution is 2.44. The molecule has 1 fully saturated rings. The Bertz CT molecular complexity index is 487. The van der Waals surface area contributed by atoms with Crippen molar-refractivity contribution in [3.63, 3.8) is 0 Å². The first kappa shape index (κ1) is 13.9. The molecule has 104 valence electrons. The van der Waals surface area contributed by atoms with E-state index in [0.717, 1.165) is 0 Å². The summed E-state index contributed by atoms with van der Waals surface area (Å²) in [6.07, 6.45) is 0.327. The van der Waals surface area contributed by atoms with Gasteiger partial charge in [0.2, 0.25) is 0 Å². The molecule has 1 saturated carbocycles. The van der Waals surface area contributed by atoms with Crippen LogP contribution in [0.5, 0.6) is 0 Å². The van der Waals surface area contributed by atoms with Gasteiger partial charge < -0.3 is 15.5 Å². The number of hydrogen-bond acceptors (Lipinski definition) is 3. The second kappa shape index (κ2) is 4.86. The molecule has 1 aliphatic rings. The first-order chi connectivity index (χ1) is 8.89. The lowest BCUT2D eigenvalue weighted by Gasteiger charge is -2.41. The van der Waals surface area contributed by atoms with Crippen LogP contribution in [-0.2, 0) is 11.4 Å². The third-order valence-corrected chi connectivity index (χ3v) is 3.42. The van der Waals surface area contributed by atoms with Crippen molar-refractivity contribution >= 4 is 11.6 Å². The van der Waals surface area contributed by atoms with Crippen molar-refractivity contribution in [1.29, 1.82) is 0 Å². The van der Waals surface area contributed by atoms with E-state index in [4.69, 9.17) is 5.11 Å². The summed E-state index contributed by atoms with van der Waals surface area (Å²) >= 11 is 0. The molecule has 19 heavy (non-hydrogen) atoms. The monoisotopic (exact) mass is 271 g/mol. The summed E-state index contributed by atoms with van der Waals surface area (Å²) in [5.74, 6) is -5.34. The van der Waals surface area contributed by atoms with Crippen LogP contribution in [0.25, 0.3) is 0 Å². The third-order valence-electron chi connectivity index (χ3n) is 3.42. The minimum Gasteiger partial charge on any atom is -0.392 e. The first-order valence-corrected chi connectivity index (χ1v) is 6.00. The lowest BCUT2D eigenvalue weighted by atomic mass is 9.75. The number of hydrogen-bond donors (Lipinski definition) is 3. The van der Waals surface area contributed by atoms with Crippen LogP contribution in [0.1, 0.15) is 24.8 Å². The van der Waals surface area contributed by atoms with Crippen LogP contribution < -0.4 is 5.32 Å². The molecule has 1 amide bonds. The number of anilines is 1. The number of nitrogens with one attached hydrogen (secondary N) is 1. The largest absolute Gasteiger partial charge is 0.392 e. The van der Waals surface area contributed by atoms with Crippen molar-refractivity contribution in [2.75, 3.05) is 5.32 Å². The highest BCUT2D eigenvalue weighted by Gasteiger charge is 2.61. The summed E-state index contributed by atoms with van der Waals surface area (Å²) in [4.78, 5) is 11.6. The zero-order valence-corrected chi connectivity index (χ0v) is 10.2. The van der Waals surface area contributed by atoms with E-state index in [1.165, 1.54) is 18.2 Å². The molecule has 1 aliphatic carbocycles. The van der Waals surface area contributed by atoms with Crippen molar-refractivity contribution in [2.24, 2.45) is 0 Å². The summed E-state index contributed by atoms with van der Waals surface area (Å²) in [5.41, 5.74) is -1.56. The minimum atomic E-state index is -3.82. The smallest absolute Gasteiger partial charge is 0.352 e. The van der Waals surface area contributed by atoms with Crippen LogP contribution >= 0.6 is 0 Å². The lowest BCUT2D eigenvalue weighted by molar-refractivity contribution is -0.212. The molecule has 0 bridgehead atoms. The average Bonchev–Trinajstić information content (AvgIpc) is 2.35. The number of benzene rings is 1. The van der Waals surface area contributed by atoms with Gasteiger partial charge in [-0.25, -0.2) is 0 Å². The number of rotatable bonds is 4. The van der Waals surface area contributed by atoms with Gasteiger partial charge in [-0.2, -0.15) is 8.78 Å². The van der Waals surface area contributed by atoms with E-state index in [1.807, 2.05) is 0 Å². The minimum absolute atomic E-state index is 0.0793. The maximum atomic E-state index is 13.8. The molecule has 0 heterocycles. The molecule has 2 rings (SSSR count). The maximum Gasteiger partial charge on any atom is 0.352 e. The quantitative estimate of drug-likeness (QED) is 0.780. The molecule has 0 radical (unpaired) electrons. The topological polar surface area (TPSA) is 69.6 Å². The summed E-state index contributed by atoms with van der Waals surface area (Å²) in [7, 11) is 0. The van der Waals surface area contributed by atoms with Crippen LogP contribution in [0, 0.1) is 0 Å². The van der Waals surface area contributed by atoms with Crippen LogP contribution in [0.2, 0.25) is 0 Å². The van der Waals surface area contributed by atoms with Crippen LogP contribution in [0.15, 0.2) is 24.3 Å². The number of halogens is 2. The Morgan fingerprint density at radius 2 is 2.11 bits per heavy atom. The fourth-order valence-corrected chi connectivity index (χ4v) is 1.99. The van der Waals surface area contributed by atoms with Crippen LogP contribution in [0.4, 0.5) is 14.5 Å². The lowest BCUT2D eigenvalue weighted by Crippen LogP contribution is -2.59. The third kappa shape index (κ3) is 2.46. The van der Waals surface area contributed by atoms with Gasteiger partial charge in [0.15, 0.2) is 0 Å². The molecule has 0 unspecified atom stereocenters. The summed E-state index contributed by atoms with van der Waals surface area (Å²) in [6.45, 7) is -0.246. The highest BCUT2D eigenvalue weighted by molar-refractivity contribution is 5.97. The number of amides is 1. The summed E-state index contributed by atoms with van der Waals surface area (Å²) in [6, 6.07) is 5.99. The van der Waals surface area contributed by atoms with Gasteiger partial charge in [-0.15, -0.1) is 0 Å². The van der Waals surface area contributed by atoms with Crippen LogP contribution in [0.3, 0.4) is 0 Å². The second-order valence-corrected chi connectivity index (χ2v) is 4.77. The van der Waals surface area contributed by atoms with E-state index >= 15 is 0 Å². The van der Waals surface area contributed by atoms with Gasteiger partial charge in [0.1, 0.15) is 5.60 Å². The average molecular weight is 271 g/mol.